The van der Waals surface area contributed by atoms with Gasteiger partial charge in [0.1, 0.15) is 5.75 Å². The minimum Gasteiger partial charge on any atom is -0.497 e. The molecule has 0 aliphatic heterocycles. The number of aromatic nitrogens is 3. The Balaban J connectivity index is 1.81. The highest BCUT2D eigenvalue weighted by molar-refractivity contribution is 5.65. The predicted octanol–water partition coefficient (Wildman–Crippen LogP) is 3.77. The highest BCUT2D eigenvalue weighted by Gasteiger charge is 2.12. The lowest BCUT2D eigenvalue weighted by atomic mass is 10.1. The van der Waals surface area contributed by atoms with Crippen molar-refractivity contribution in [2.45, 2.75) is 0 Å². The van der Waals surface area contributed by atoms with E-state index in [1.807, 2.05) is 71.2 Å². The summed E-state index contributed by atoms with van der Waals surface area (Å²) in [5.41, 5.74) is 2.68. The van der Waals surface area contributed by atoms with E-state index in [9.17, 15) is 0 Å². The molecule has 120 valence electrons. The molecule has 0 spiro atoms. The molecular weight excluding hydrogens is 304 g/mol. The first-order valence-electron chi connectivity index (χ1n) is 7.53. The van der Waals surface area contributed by atoms with Crippen LogP contribution in [0.5, 0.6) is 5.75 Å². The van der Waals surface area contributed by atoms with Gasteiger partial charge in [-0.3, -0.25) is 4.90 Å². The zero-order valence-corrected chi connectivity index (χ0v) is 13.4. The SMILES string of the molecule is COc1cccc(-c2cnc3ccc(N(C)c4ccco4)nn23)c1. The first kappa shape index (κ1) is 14.3. The number of anilines is 2. The molecule has 0 radical (unpaired) electrons. The van der Waals surface area contributed by atoms with E-state index < -0.39 is 0 Å². The molecule has 4 rings (SSSR count). The summed E-state index contributed by atoms with van der Waals surface area (Å²) in [7, 11) is 3.57. The van der Waals surface area contributed by atoms with Gasteiger partial charge >= 0.3 is 0 Å². The Bertz CT molecular complexity index is 976. The molecule has 0 N–H and O–H groups in total. The topological polar surface area (TPSA) is 55.8 Å². The number of hydrogen-bond acceptors (Lipinski definition) is 5. The van der Waals surface area contributed by atoms with Crippen LogP contribution in [0.25, 0.3) is 16.9 Å². The Labute approximate surface area is 138 Å². The van der Waals surface area contributed by atoms with Crippen molar-refractivity contribution >= 4 is 17.3 Å². The first-order valence-corrected chi connectivity index (χ1v) is 7.53. The number of ether oxygens (including phenoxy) is 1. The predicted molar refractivity (Wildman–Crippen MR) is 91.7 cm³/mol. The van der Waals surface area contributed by atoms with Gasteiger partial charge in [-0.2, -0.15) is 0 Å². The van der Waals surface area contributed by atoms with E-state index >= 15 is 0 Å². The van der Waals surface area contributed by atoms with Crippen LogP contribution in [0.4, 0.5) is 11.7 Å². The average Bonchev–Trinajstić information content (AvgIpc) is 3.30. The lowest BCUT2D eigenvalue weighted by Gasteiger charge is -2.15. The molecule has 3 heterocycles. The molecule has 0 fully saturated rings. The summed E-state index contributed by atoms with van der Waals surface area (Å²) in [6.45, 7) is 0. The maximum Gasteiger partial charge on any atom is 0.200 e. The fourth-order valence-corrected chi connectivity index (χ4v) is 2.60. The van der Waals surface area contributed by atoms with Crippen molar-refractivity contribution in [2.75, 3.05) is 19.1 Å². The number of methoxy groups -OCH3 is 1. The molecule has 0 bridgehead atoms. The molecule has 6 nitrogen and oxygen atoms in total. The fourth-order valence-electron chi connectivity index (χ4n) is 2.60. The van der Waals surface area contributed by atoms with Crippen LogP contribution >= 0.6 is 0 Å². The first-order chi connectivity index (χ1) is 11.8. The summed E-state index contributed by atoms with van der Waals surface area (Å²) in [6.07, 6.45) is 3.46. The highest BCUT2D eigenvalue weighted by Crippen LogP contribution is 2.26. The van der Waals surface area contributed by atoms with Crippen molar-refractivity contribution in [1.29, 1.82) is 0 Å². The molecular formula is C18H16N4O2. The zero-order valence-electron chi connectivity index (χ0n) is 13.4. The minimum absolute atomic E-state index is 0.727. The van der Waals surface area contributed by atoms with Crippen molar-refractivity contribution in [3.05, 3.63) is 61.0 Å². The van der Waals surface area contributed by atoms with E-state index in [1.54, 1.807) is 13.4 Å². The van der Waals surface area contributed by atoms with Crippen LogP contribution in [0.3, 0.4) is 0 Å². The van der Waals surface area contributed by atoms with Crippen molar-refractivity contribution in [3.63, 3.8) is 0 Å². The van der Waals surface area contributed by atoms with Gasteiger partial charge in [-0.1, -0.05) is 12.1 Å². The van der Waals surface area contributed by atoms with Gasteiger partial charge in [0, 0.05) is 18.7 Å². The summed E-state index contributed by atoms with van der Waals surface area (Å²) in [6, 6.07) is 15.4. The molecule has 0 unspecified atom stereocenters. The third-order valence-electron chi connectivity index (χ3n) is 3.89. The van der Waals surface area contributed by atoms with Crippen molar-refractivity contribution in [1.82, 2.24) is 14.6 Å². The van der Waals surface area contributed by atoms with Gasteiger partial charge in [0.05, 0.1) is 25.3 Å². The van der Waals surface area contributed by atoms with Crippen LogP contribution in [-0.4, -0.2) is 28.8 Å². The molecule has 24 heavy (non-hydrogen) atoms. The Kier molecular flexibility index (Phi) is 3.42. The van der Waals surface area contributed by atoms with Crippen LogP contribution in [0, 0.1) is 0 Å². The van der Waals surface area contributed by atoms with Gasteiger partial charge in [0.2, 0.25) is 5.88 Å². The lowest BCUT2D eigenvalue weighted by Crippen LogP contribution is -2.12. The number of benzene rings is 1. The van der Waals surface area contributed by atoms with Gasteiger partial charge in [0.15, 0.2) is 11.5 Å². The Hall–Kier alpha value is -3.28. The van der Waals surface area contributed by atoms with Crippen LogP contribution in [0.2, 0.25) is 0 Å². The monoisotopic (exact) mass is 320 g/mol. The van der Waals surface area contributed by atoms with Crippen LogP contribution < -0.4 is 9.64 Å². The fraction of sp³-hybridized carbons (Fsp3) is 0.111. The summed E-state index contributed by atoms with van der Waals surface area (Å²) in [4.78, 5) is 6.32. The van der Waals surface area contributed by atoms with Gasteiger partial charge in [-0.25, -0.2) is 9.50 Å². The van der Waals surface area contributed by atoms with E-state index in [1.165, 1.54) is 0 Å². The molecule has 4 aromatic rings. The molecule has 0 saturated heterocycles. The quantitative estimate of drug-likeness (QED) is 0.573. The smallest absolute Gasteiger partial charge is 0.200 e. The Morgan fingerprint density at radius 3 is 2.83 bits per heavy atom. The summed E-state index contributed by atoms with van der Waals surface area (Å²) in [5.74, 6) is 2.29. The normalized spacial score (nSPS) is 10.9. The average molecular weight is 320 g/mol. The molecule has 0 amide bonds. The van der Waals surface area contributed by atoms with Crippen LogP contribution in [-0.2, 0) is 0 Å². The molecule has 0 saturated carbocycles. The van der Waals surface area contributed by atoms with Gasteiger partial charge < -0.3 is 9.15 Å². The second-order valence-corrected chi connectivity index (χ2v) is 5.35. The number of rotatable bonds is 4. The standard InChI is InChI=1S/C18H16N4O2/c1-21(18-7-4-10-24-18)17-9-8-16-19-12-15(22(16)20-17)13-5-3-6-14(11-13)23-2/h3-12H,1-2H3. The van der Waals surface area contributed by atoms with Crippen molar-refractivity contribution < 1.29 is 9.15 Å². The van der Waals surface area contributed by atoms with Gasteiger partial charge in [-0.05, 0) is 30.3 Å². The van der Waals surface area contributed by atoms with Crippen molar-refractivity contribution in [3.8, 4) is 17.0 Å². The lowest BCUT2D eigenvalue weighted by molar-refractivity contribution is 0.415. The van der Waals surface area contributed by atoms with E-state index in [0.29, 0.717) is 0 Å². The van der Waals surface area contributed by atoms with Crippen LogP contribution in [0.15, 0.2) is 65.4 Å². The number of fused-ring (bicyclic) bond motifs is 1. The second kappa shape index (κ2) is 5.73. The second-order valence-electron chi connectivity index (χ2n) is 5.35. The van der Waals surface area contributed by atoms with E-state index in [4.69, 9.17) is 14.3 Å². The molecule has 0 aliphatic carbocycles. The third-order valence-corrected chi connectivity index (χ3v) is 3.89. The number of furan rings is 1. The van der Waals surface area contributed by atoms with E-state index in [2.05, 4.69) is 4.98 Å². The molecule has 0 atom stereocenters. The molecule has 0 aliphatic rings. The molecule has 1 aromatic carbocycles. The maximum absolute atomic E-state index is 5.43. The summed E-state index contributed by atoms with van der Waals surface area (Å²) >= 11 is 0. The van der Waals surface area contributed by atoms with Gasteiger partial charge in [-0.15, -0.1) is 5.10 Å². The summed E-state index contributed by atoms with van der Waals surface area (Å²) in [5, 5.41) is 4.70. The third kappa shape index (κ3) is 2.38. The maximum atomic E-state index is 5.43. The minimum atomic E-state index is 0.727. The van der Waals surface area contributed by atoms with E-state index in [0.717, 1.165) is 34.4 Å². The van der Waals surface area contributed by atoms with Gasteiger partial charge in [0.25, 0.3) is 0 Å². The Morgan fingerprint density at radius 2 is 2.04 bits per heavy atom. The Morgan fingerprint density at radius 1 is 1.12 bits per heavy atom. The zero-order chi connectivity index (χ0) is 16.5. The summed E-state index contributed by atoms with van der Waals surface area (Å²) < 4.78 is 12.6. The van der Waals surface area contributed by atoms with E-state index in [-0.39, 0.29) is 0 Å². The highest BCUT2D eigenvalue weighted by atomic mass is 16.5. The van der Waals surface area contributed by atoms with Crippen LogP contribution in [0.1, 0.15) is 0 Å². The largest absolute Gasteiger partial charge is 0.497 e. The van der Waals surface area contributed by atoms with Crippen molar-refractivity contribution in [2.24, 2.45) is 0 Å². The number of nitrogens with zero attached hydrogens (tertiary/aromatic N) is 4. The number of imidazole rings is 1. The number of hydrogen-bond donors (Lipinski definition) is 0. The molecule has 3 aromatic heterocycles. The molecule has 6 heteroatoms.